The predicted molar refractivity (Wildman–Crippen MR) is 123 cm³/mol. The number of rotatable bonds is 5. The van der Waals surface area contributed by atoms with Crippen LogP contribution in [0.5, 0.6) is 0 Å². The first-order valence-corrected chi connectivity index (χ1v) is 10.5. The summed E-state index contributed by atoms with van der Waals surface area (Å²) in [5.74, 6) is -0.972. The highest BCUT2D eigenvalue weighted by atomic mass is 32.1. The molecular formula is C24H18FN3O3S. The van der Waals surface area contributed by atoms with E-state index in [1.165, 1.54) is 41.7 Å². The van der Waals surface area contributed by atoms with Crippen LogP contribution in [0.1, 0.15) is 21.5 Å². The van der Waals surface area contributed by atoms with Crippen molar-refractivity contribution in [2.24, 2.45) is 0 Å². The van der Waals surface area contributed by atoms with Gasteiger partial charge < -0.3 is 0 Å². The number of aromatic nitrogens is 1. The number of thiazole rings is 1. The van der Waals surface area contributed by atoms with E-state index in [-0.39, 0.29) is 11.3 Å². The summed E-state index contributed by atoms with van der Waals surface area (Å²) >= 11 is 1.29. The van der Waals surface area contributed by atoms with Gasteiger partial charge in [0.15, 0.2) is 5.13 Å². The number of carbonyl (C=O) groups excluding carboxylic acids is 1. The van der Waals surface area contributed by atoms with Crippen molar-refractivity contribution in [2.45, 2.75) is 13.8 Å². The number of carbonyl (C=O) groups is 1. The van der Waals surface area contributed by atoms with Crippen LogP contribution in [0.4, 0.5) is 15.2 Å². The summed E-state index contributed by atoms with van der Waals surface area (Å²) in [5.41, 5.74) is 4.57. The number of amides is 1. The van der Waals surface area contributed by atoms with Gasteiger partial charge in [0.05, 0.1) is 15.5 Å². The fraction of sp³-hybridized carbons (Fsp3) is 0.0833. The van der Waals surface area contributed by atoms with Gasteiger partial charge in [0.2, 0.25) is 0 Å². The van der Waals surface area contributed by atoms with Crippen molar-refractivity contribution in [3.05, 3.63) is 99.4 Å². The Morgan fingerprint density at radius 1 is 1.06 bits per heavy atom. The average molecular weight is 447 g/mol. The topological polar surface area (TPSA) is 85.1 Å². The molecule has 0 aliphatic heterocycles. The largest absolute Gasteiger partial charge is 0.298 e. The number of nitrogens with one attached hydrogen (secondary N) is 1. The molecule has 6 nitrogen and oxygen atoms in total. The summed E-state index contributed by atoms with van der Waals surface area (Å²) < 4.78 is 13.5. The van der Waals surface area contributed by atoms with Crippen molar-refractivity contribution in [1.29, 1.82) is 0 Å². The smallest absolute Gasteiger partial charge is 0.269 e. The van der Waals surface area contributed by atoms with Crippen molar-refractivity contribution < 1.29 is 14.1 Å². The second-order valence-corrected chi connectivity index (χ2v) is 8.28. The highest BCUT2D eigenvalue weighted by Crippen LogP contribution is 2.41. The number of nitro groups is 1. The zero-order valence-corrected chi connectivity index (χ0v) is 18.1. The molecule has 1 amide bonds. The van der Waals surface area contributed by atoms with E-state index in [0.717, 1.165) is 27.6 Å². The SMILES string of the molecule is Cc1ccc(-c2sc(NC(=O)c3cccc(F)c3)nc2-c2ccc([N+](=O)[O-])cc2)c(C)c1. The normalized spacial score (nSPS) is 10.7. The van der Waals surface area contributed by atoms with Crippen molar-refractivity contribution >= 4 is 28.1 Å². The number of nitro benzene ring substituents is 1. The minimum atomic E-state index is -0.501. The van der Waals surface area contributed by atoms with E-state index in [1.807, 2.05) is 26.0 Å². The summed E-state index contributed by atoms with van der Waals surface area (Å²) in [6.45, 7) is 4.00. The monoisotopic (exact) mass is 447 g/mol. The maximum Gasteiger partial charge on any atom is 0.269 e. The summed E-state index contributed by atoms with van der Waals surface area (Å²) in [5, 5.41) is 14.1. The number of halogens is 1. The minimum Gasteiger partial charge on any atom is -0.298 e. The number of aryl methyl sites for hydroxylation is 2. The van der Waals surface area contributed by atoms with E-state index in [4.69, 9.17) is 0 Å². The van der Waals surface area contributed by atoms with Crippen LogP contribution in [0.3, 0.4) is 0 Å². The Hall–Kier alpha value is -3.91. The zero-order chi connectivity index (χ0) is 22.8. The van der Waals surface area contributed by atoms with Crippen LogP contribution in [0, 0.1) is 29.8 Å². The van der Waals surface area contributed by atoms with Gasteiger partial charge in [0.1, 0.15) is 5.82 Å². The van der Waals surface area contributed by atoms with Gasteiger partial charge in [0, 0.05) is 23.3 Å². The van der Waals surface area contributed by atoms with Crippen LogP contribution >= 0.6 is 11.3 Å². The zero-order valence-electron chi connectivity index (χ0n) is 17.3. The Morgan fingerprint density at radius 3 is 2.47 bits per heavy atom. The lowest BCUT2D eigenvalue weighted by molar-refractivity contribution is -0.384. The lowest BCUT2D eigenvalue weighted by Crippen LogP contribution is -2.11. The summed E-state index contributed by atoms with van der Waals surface area (Å²) in [7, 11) is 0. The van der Waals surface area contributed by atoms with Crippen LogP contribution in [0.15, 0.2) is 66.7 Å². The molecule has 0 spiro atoms. The molecule has 1 N–H and O–H groups in total. The fourth-order valence-corrected chi connectivity index (χ4v) is 4.43. The van der Waals surface area contributed by atoms with Gasteiger partial charge in [-0.05, 0) is 55.3 Å². The molecule has 8 heteroatoms. The molecule has 0 radical (unpaired) electrons. The van der Waals surface area contributed by atoms with Gasteiger partial charge in [-0.3, -0.25) is 20.2 Å². The molecule has 3 aromatic carbocycles. The number of benzene rings is 3. The lowest BCUT2D eigenvalue weighted by atomic mass is 10.0. The van der Waals surface area contributed by atoms with Gasteiger partial charge >= 0.3 is 0 Å². The van der Waals surface area contributed by atoms with Crippen LogP contribution < -0.4 is 5.32 Å². The van der Waals surface area contributed by atoms with E-state index in [2.05, 4.69) is 16.4 Å². The van der Waals surface area contributed by atoms with Gasteiger partial charge in [0.25, 0.3) is 11.6 Å². The number of non-ortho nitro benzene ring substituents is 1. The molecule has 4 rings (SSSR count). The Labute approximate surface area is 187 Å². The molecule has 0 atom stereocenters. The van der Waals surface area contributed by atoms with E-state index in [9.17, 15) is 19.3 Å². The highest BCUT2D eigenvalue weighted by molar-refractivity contribution is 7.19. The first-order valence-electron chi connectivity index (χ1n) is 9.72. The van der Waals surface area contributed by atoms with Crippen molar-refractivity contribution in [2.75, 3.05) is 5.32 Å². The standard InChI is InChI=1S/C24H18FN3O3S/c1-14-6-11-20(15(2)12-14)22-21(16-7-9-19(10-8-16)28(30)31)26-24(32-22)27-23(29)17-4-3-5-18(25)13-17/h3-13H,1-2H3,(H,26,27,29). The van der Waals surface area contributed by atoms with Crippen molar-refractivity contribution in [1.82, 2.24) is 4.98 Å². The Morgan fingerprint density at radius 2 is 1.81 bits per heavy atom. The number of hydrogen-bond acceptors (Lipinski definition) is 5. The molecule has 4 aromatic rings. The Kier molecular flexibility index (Phi) is 5.79. The molecule has 0 unspecified atom stereocenters. The predicted octanol–water partition coefficient (Wildman–Crippen LogP) is 6.39. The Balaban J connectivity index is 1.77. The molecular weight excluding hydrogens is 429 g/mol. The van der Waals surface area contributed by atoms with E-state index in [0.29, 0.717) is 16.4 Å². The number of hydrogen-bond donors (Lipinski definition) is 1. The molecule has 0 saturated heterocycles. The third-order valence-corrected chi connectivity index (χ3v) is 5.92. The molecule has 0 fully saturated rings. The summed E-state index contributed by atoms with van der Waals surface area (Å²) in [4.78, 5) is 28.6. The summed E-state index contributed by atoms with van der Waals surface area (Å²) in [6.07, 6.45) is 0. The van der Waals surface area contributed by atoms with Crippen LogP contribution in [-0.2, 0) is 0 Å². The quantitative estimate of drug-likeness (QED) is 0.284. The Bertz CT molecular complexity index is 1330. The third-order valence-electron chi connectivity index (χ3n) is 4.91. The highest BCUT2D eigenvalue weighted by Gasteiger charge is 2.19. The third kappa shape index (κ3) is 4.40. The number of anilines is 1. The average Bonchev–Trinajstić information content (AvgIpc) is 3.17. The molecule has 0 aliphatic rings. The van der Waals surface area contributed by atoms with Crippen LogP contribution in [0.25, 0.3) is 21.7 Å². The molecule has 1 aromatic heterocycles. The molecule has 1 heterocycles. The molecule has 160 valence electrons. The van der Waals surface area contributed by atoms with Gasteiger partial charge in [-0.1, -0.05) is 41.2 Å². The van der Waals surface area contributed by atoms with Gasteiger partial charge in [-0.2, -0.15) is 0 Å². The number of nitrogens with zero attached hydrogens (tertiary/aromatic N) is 2. The van der Waals surface area contributed by atoms with E-state index >= 15 is 0 Å². The second kappa shape index (κ2) is 8.68. The first kappa shape index (κ1) is 21.3. The molecule has 32 heavy (non-hydrogen) atoms. The van der Waals surface area contributed by atoms with Crippen molar-refractivity contribution in [3.8, 4) is 21.7 Å². The summed E-state index contributed by atoms with van der Waals surface area (Å²) in [6, 6.07) is 17.6. The molecule has 0 aliphatic carbocycles. The first-order chi connectivity index (χ1) is 15.3. The minimum absolute atomic E-state index is 0.0170. The fourth-order valence-electron chi connectivity index (χ4n) is 3.36. The lowest BCUT2D eigenvalue weighted by Gasteiger charge is -2.07. The molecule has 0 saturated carbocycles. The maximum absolute atomic E-state index is 13.5. The van der Waals surface area contributed by atoms with E-state index in [1.54, 1.807) is 12.1 Å². The second-order valence-electron chi connectivity index (χ2n) is 7.28. The van der Waals surface area contributed by atoms with Gasteiger partial charge in [-0.25, -0.2) is 9.37 Å². The van der Waals surface area contributed by atoms with Crippen LogP contribution in [-0.4, -0.2) is 15.8 Å². The van der Waals surface area contributed by atoms with Gasteiger partial charge in [-0.15, -0.1) is 0 Å². The van der Waals surface area contributed by atoms with Crippen molar-refractivity contribution in [3.63, 3.8) is 0 Å². The van der Waals surface area contributed by atoms with Crippen LogP contribution in [0.2, 0.25) is 0 Å². The molecule has 0 bridgehead atoms. The van der Waals surface area contributed by atoms with E-state index < -0.39 is 16.6 Å². The maximum atomic E-state index is 13.5.